The second-order valence-electron chi connectivity index (χ2n) is 4.95. The van der Waals surface area contributed by atoms with Gasteiger partial charge in [0.1, 0.15) is 0 Å². The van der Waals surface area contributed by atoms with E-state index < -0.39 is 10.8 Å². The molecule has 1 aromatic rings. The maximum absolute atomic E-state index is 12.0. The second-order valence-corrected chi connectivity index (χ2v) is 6.53. The molecular formula is C15H23N3OS. The Morgan fingerprint density at radius 3 is 2.75 bits per heavy atom. The first-order valence-electron chi connectivity index (χ1n) is 7.21. The summed E-state index contributed by atoms with van der Waals surface area (Å²) in [5.41, 5.74) is 1.12. The molecule has 1 saturated carbocycles. The molecular weight excluding hydrogens is 270 g/mol. The first-order valence-corrected chi connectivity index (χ1v) is 8.70. The first kappa shape index (κ1) is 15.0. The summed E-state index contributed by atoms with van der Waals surface area (Å²) in [5, 5.41) is 6.57. The molecule has 1 aromatic carbocycles. The Morgan fingerprint density at radius 1 is 1.35 bits per heavy atom. The summed E-state index contributed by atoms with van der Waals surface area (Å²) in [7, 11) is -0.851. The van der Waals surface area contributed by atoms with Crippen LogP contribution in [0.5, 0.6) is 0 Å². The minimum absolute atomic E-state index is 0.586. The summed E-state index contributed by atoms with van der Waals surface area (Å²) < 4.78 is 12.0. The maximum Gasteiger partial charge on any atom is 0.191 e. The first-order chi connectivity index (χ1) is 9.78. The predicted molar refractivity (Wildman–Crippen MR) is 85.3 cm³/mol. The van der Waals surface area contributed by atoms with Gasteiger partial charge in [-0.1, -0.05) is 30.3 Å². The van der Waals surface area contributed by atoms with Gasteiger partial charge in [-0.2, -0.15) is 0 Å². The molecule has 4 nitrogen and oxygen atoms in total. The Labute approximate surface area is 123 Å². The second kappa shape index (κ2) is 8.04. The van der Waals surface area contributed by atoms with E-state index in [0.717, 1.165) is 18.1 Å². The summed E-state index contributed by atoms with van der Waals surface area (Å²) in [4.78, 5) is 4.48. The van der Waals surface area contributed by atoms with Crippen molar-refractivity contribution in [1.82, 2.24) is 10.6 Å². The van der Waals surface area contributed by atoms with Crippen LogP contribution in [0.2, 0.25) is 0 Å². The Morgan fingerprint density at radius 2 is 2.10 bits per heavy atom. The van der Waals surface area contributed by atoms with Gasteiger partial charge in [0.05, 0.1) is 6.54 Å². The van der Waals surface area contributed by atoms with Crippen molar-refractivity contribution in [3.63, 3.8) is 0 Å². The third-order valence-electron chi connectivity index (χ3n) is 3.02. The van der Waals surface area contributed by atoms with Crippen LogP contribution in [-0.2, 0) is 16.6 Å². The van der Waals surface area contributed by atoms with Crippen LogP contribution >= 0.6 is 0 Å². The smallest absolute Gasteiger partial charge is 0.191 e. The fourth-order valence-corrected chi connectivity index (χ4v) is 2.84. The van der Waals surface area contributed by atoms with Gasteiger partial charge >= 0.3 is 0 Å². The average Bonchev–Trinajstić information content (AvgIpc) is 3.24. The molecule has 0 heterocycles. The van der Waals surface area contributed by atoms with Crippen molar-refractivity contribution in [3.8, 4) is 0 Å². The highest BCUT2D eigenvalue weighted by Crippen LogP contribution is 2.18. The monoisotopic (exact) mass is 293 g/mol. The summed E-state index contributed by atoms with van der Waals surface area (Å²) in [5.74, 6) is 2.07. The average molecular weight is 293 g/mol. The van der Waals surface area contributed by atoms with Gasteiger partial charge in [0, 0.05) is 34.9 Å². The third-order valence-corrected chi connectivity index (χ3v) is 4.31. The van der Waals surface area contributed by atoms with Crippen LogP contribution in [0, 0.1) is 0 Å². The number of nitrogens with one attached hydrogen (secondary N) is 2. The van der Waals surface area contributed by atoms with Gasteiger partial charge in [-0.3, -0.25) is 9.20 Å². The molecule has 1 fully saturated rings. The molecule has 0 radical (unpaired) electrons. The zero-order valence-electron chi connectivity index (χ0n) is 12.0. The molecule has 1 unspecified atom stereocenters. The Hall–Kier alpha value is -1.36. The Bertz CT molecular complexity index is 457. The van der Waals surface area contributed by atoms with E-state index >= 15 is 0 Å². The van der Waals surface area contributed by atoms with E-state index in [1.54, 1.807) is 0 Å². The molecule has 0 saturated heterocycles. The van der Waals surface area contributed by atoms with Crippen molar-refractivity contribution >= 4 is 16.8 Å². The quantitative estimate of drug-likeness (QED) is 0.594. The minimum atomic E-state index is -0.851. The van der Waals surface area contributed by atoms with Crippen molar-refractivity contribution in [2.75, 3.05) is 18.8 Å². The van der Waals surface area contributed by atoms with E-state index in [0.29, 0.717) is 24.1 Å². The lowest BCUT2D eigenvalue weighted by Crippen LogP contribution is -2.38. The van der Waals surface area contributed by atoms with Gasteiger partial charge in [-0.05, 0) is 25.3 Å². The number of guanidine groups is 1. The predicted octanol–water partition coefficient (Wildman–Crippen LogP) is 1.65. The molecule has 1 aliphatic rings. The van der Waals surface area contributed by atoms with Gasteiger partial charge in [-0.15, -0.1) is 0 Å². The fraction of sp³-hybridized carbons (Fsp3) is 0.533. The number of nitrogens with zero attached hydrogens (tertiary/aromatic N) is 1. The minimum Gasteiger partial charge on any atom is -0.357 e. The number of rotatable bonds is 7. The number of hydrogen-bond acceptors (Lipinski definition) is 2. The zero-order chi connectivity index (χ0) is 14.2. The van der Waals surface area contributed by atoms with Gasteiger partial charge in [0.2, 0.25) is 0 Å². The maximum atomic E-state index is 12.0. The lowest BCUT2D eigenvalue weighted by atomic mass is 10.2. The lowest BCUT2D eigenvalue weighted by molar-refractivity contribution is 0.682. The van der Waals surface area contributed by atoms with Crippen LogP contribution in [0.3, 0.4) is 0 Å². The van der Waals surface area contributed by atoms with Gasteiger partial charge in [0.15, 0.2) is 5.96 Å². The standard InChI is InChI=1S/C15H23N3OS/c1-2-16-15(18-14-8-9-14)17-10-11-20(19)12-13-6-4-3-5-7-13/h3-7,14H,2,8-12H2,1H3,(H2,16,17,18). The van der Waals surface area contributed by atoms with Gasteiger partial charge in [0.25, 0.3) is 0 Å². The van der Waals surface area contributed by atoms with E-state index in [4.69, 9.17) is 0 Å². The van der Waals surface area contributed by atoms with Gasteiger partial charge in [-0.25, -0.2) is 0 Å². The van der Waals surface area contributed by atoms with Crippen LogP contribution in [0.1, 0.15) is 25.3 Å². The highest BCUT2D eigenvalue weighted by Gasteiger charge is 2.21. The molecule has 2 N–H and O–H groups in total. The van der Waals surface area contributed by atoms with Crippen LogP contribution < -0.4 is 10.6 Å². The Kier molecular flexibility index (Phi) is 6.05. The van der Waals surface area contributed by atoms with Crippen molar-refractivity contribution in [3.05, 3.63) is 35.9 Å². The number of benzene rings is 1. The molecule has 5 heteroatoms. The summed E-state index contributed by atoms with van der Waals surface area (Å²) in [6.07, 6.45) is 2.45. The molecule has 110 valence electrons. The summed E-state index contributed by atoms with van der Waals surface area (Å²) >= 11 is 0. The molecule has 1 aliphatic carbocycles. The largest absolute Gasteiger partial charge is 0.357 e. The molecule has 0 amide bonds. The van der Waals surface area contributed by atoms with E-state index in [1.165, 1.54) is 12.8 Å². The van der Waals surface area contributed by atoms with E-state index in [1.807, 2.05) is 30.3 Å². The normalized spacial score (nSPS) is 16.8. The molecule has 0 bridgehead atoms. The van der Waals surface area contributed by atoms with Crippen LogP contribution in [0.15, 0.2) is 35.3 Å². The number of hydrogen-bond donors (Lipinski definition) is 2. The van der Waals surface area contributed by atoms with E-state index in [-0.39, 0.29) is 0 Å². The van der Waals surface area contributed by atoms with Crippen molar-refractivity contribution < 1.29 is 4.21 Å². The van der Waals surface area contributed by atoms with Crippen LogP contribution in [0.4, 0.5) is 0 Å². The van der Waals surface area contributed by atoms with Crippen molar-refractivity contribution in [2.45, 2.75) is 31.6 Å². The van der Waals surface area contributed by atoms with Gasteiger partial charge < -0.3 is 10.6 Å². The highest BCUT2D eigenvalue weighted by atomic mass is 32.2. The van der Waals surface area contributed by atoms with Crippen molar-refractivity contribution in [2.24, 2.45) is 4.99 Å². The zero-order valence-corrected chi connectivity index (χ0v) is 12.8. The molecule has 0 spiro atoms. The molecule has 0 aliphatic heterocycles. The molecule has 1 atom stereocenters. The molecule has 2 rings (SSSR count). The summed E-state index contributed by atoms with van der Waals surface area (Å²) in [6, 6.07) is 10.5. The van der Waals surface area contributed by atoms with E-state index in [9.17, 15) is 4.21 Å². The van der Waals surface area contributed by atoms with Crippen LogP contribution in [0.25, 0.3) is 0 Å². The molecule has 20 heavy (non-hydrogen) atoms. The Balaban J connectivity index is 1.73. The fourth-order valence-electron chi connectivity index (χ4n) is 1.83. The topological polar surface area (TPSA) is 53.5 Å². The van der Waals surface area contributed by atoms with Crippen LogP contribution in [-0.4, -0.2) is 35.1 Å². The lowest BCUT2D eigenvalue weighted by Gasteiger charge is -2.10. The van der Waals surface area contributed by atoms with Crippen molar-refractivity contribution in [1.29, 1.82) is 0 Å². The number of aliphatic imine (C=N–C) groups is 1. The third kappa shape index (κ3) is 5.74. The van der Waals surface area contributed by atoms with E-state index in [2.05, 4.69) is 22.5 Å². The summed E-state index contributed by atoms with van der Waals surface area (Å²) in [6.45, 7) is 3.50. The SMILES string of the molecule is CCNC(=NCCS(=O)Cc1ccccc1)NC1CC1. The molecule has 0 aromatic heterocycles. The highest BCUT2D eigenvalue weighted by molar-refractivity contribution is 7.84.